The fraction of sp³-hybridized carbons (Fsp3) is 0.938. The molecular weight excluding hydrogens is 252 g/mol. The molecule has 0 aliphatic heterocycles. The maximum absolute atomic E-state index is 11.7. The maximum atomic E-state index is 11.7. The summed E-state index contributed by atoms with van der Waals surface area (Å²) in [5.41, 5.74) is -0.414. The molecule has 4 heteroatoms. The van der Waals surface area contributed by atoms with Crippen molar-refractivity contribution in [2.75, 3.05) is 6.54 Å². The van der Waals surface area contributed by atoms with E-state index in [1.165, 1.54) is 25.7 Å². The van der Waals surface area contributed by atoms with E-state index in [0.29, 0.717) is 6.04 Å². The van der Waals surface area contributed by atoms with Crippen LogP contribution >= 0.6 is 0 Å². The lowest BCUT2D eigenvalue weighted by Crippen LogP contribution is -2.39. The summed E-state index contributed by atoms with van der Waals surface area (Å²) in [7, 11) is 0. The van der Waals surface area contributed by atoms with Gasteiger partial charge in [0, 0.05) is 12.1 Å². The molecule has 0 spiro atoms. The van der Waals surface area contributed by atoms with E-state index in [1.807, 2.05) is 20.8 Å². The minimum absolute atomic E-state index is 0.269. The van der Waals surface area contributed by atoms with Gasteiger partial charge in [-0.05, 0) is 65.3 Å². The van der Waals surface area contributed by atoms with E-state index in [0.717, 1.165) is 31.7 Å². The minimum Gasteiger partial charge on any atom is -0.444 e. The van der Waals surface area contributed by atoms with Crippen molar-refractivity contribution in [1.82, 2.24) is 10.6 Å². The van der Waals surface area contributed by atoms with Gasteiger partial charge in [0.05, 0.1) is 0 Å². The highest BCUT2D eigenvalue weighted by Gasteiger charge is 2.28. The van der Waals surface area contributed by atoms with Crippen molar-refractivity contribution in [2.45, 2.75) is 83.4 Å². The highest BCUT2D eigenvalue weighted by molar-refractivity contribution is 5.68. The van der Waals surface area contributed by atoms with E-state index in [4.69, 9.17) is 4.74 Å². The number of hydrogen-bond donors (Lipinski definition) is 2. The summed E-state index contributed by atoms with van der Waals surface area (Å²) in [5, 5.41) is 6.68. The monoisotopic (exact) mass is 282 g/mol. The second-order valence-corrected chi connectivity index (χ2v) is 7.41. The summed E-state index contributed by atoms with van der Waals surface area (Å²) >= 11 is 0. The Morgan fingerprint density at radius 2 is 1.75 bits per heavy atom. The van der Waals surface area contributed by atoms with Crippen molar-refractivity contribution in [3.8, 4) is 0 Å². The van der Waals surface area contributed by atoms with Crippen LogP contribution in [0.4, 0.5) is 4.79 Å². The van der Waals surface area contributed by atoms with Crippen molar-refractivity contribution in [3.63, 3.8) is 0 Å². The molecule has 1 amide bonds. The van der Waals surface area contributed by atoms with Crippen LogP contribution in [0.15, 0.2) is 0 Å². The quantitative estimate of drug-likeness (QED) is 0.832. The van der Waals surface area contributed by atoms with Crippen LogP contribution in [0.5, 0.6) is 0 Å². The first-order chi connectivity index (χ1) is 9.42. The molecule has 2 saturated carbocycles. The van der Waals surface area contributed by atoms with E-state index in [2.05, 4.69) is 10.6 Å². The summed E-state index contributed by atoms with van der Waals surface area (Å²) in [4.78, 5) is 11.7. The van der Waals surface area contributed by atoms with Crippen LogP contribution in [-0.4, -0.2) is 30.3 Å². The molecule has 2 rings (SSSR count). The SMILES string of the molecule is CC(C)(C)OC(=O)NC1CCC(NCC2CCCC2)C1. The summed E-state index contributed by atoms with van der Waals surface area (Å²) in [6.45, 7) is 6.84. The van der Waals surface area contributed by atoms with Crippen LogP contribution in [0, 0.1) is 5.92 Å². The lowest BCUT2D eigenvalue weighted by molar-refractivity contribution is 0.0505. The first-order valence-electron chi connectivity index (χ1n) is 8.15. The van der Waals surface area contributed by atoms with Crippen molar-refractivity contribution in [1.29, 1.82) is 0 Å². The molecule has 4 nitrogen and oxygen atoms in total. The first kappa shape index (κ1) is 15.6. The normalized spacial score (nSPS) is 27.8. The van der Waals surface area contributed by atoms with Crippen LogP contribution in [0.2, 0.25) is 0 Å². The maximum Gasteiger partial charge on any atom is 0.407 e. The summed E-state index contributed by atoms with van der Waals surface area (Å²) in [6, 6.07) is 0.835. The van der Waals surface area contributed by atoms with Gasteiger partial charge in [0.15, 0.2) is 0 Å². The zero-order chi connectivity index (χ0) is 14.6. The summed E-state index contributed by atoms with van der Waals surface area (Å²) in [6.07, 6.45) is 8.55. The number of carbonyl (C=O) groups is 1. The molecule has 2 atom stereocenters. The lowest BCUT2D eigenvalue weighted by Gasteiger charge is -2.22. The number of nitrogens with one attached hydrogen (secondary N) is 2. The third-order valence-electron chi connectivity index (χ3n) is 4.32. The van der Waals surface area contributed by atoms with Crippen molar-refractivity contribution < 1.29 is 9.53 Å². The Balaban J connectivity index is 1.63. The first-order valence-corrected chi connectivity index (χ1v) is 8.15. The van der Waals surface area contributed by atoms with Gasteiger partial charge in [-0.15, -0.1) is 0 Å². The Morgan fingerprint density at radius 1 is 1.10 bits per heavy atom. The van der Waals surface area contributed by atoms with Gasteiger partial charge in [0.2, 0.25) is 0 Å². The van der Waals surface area contributed by atoms with E-state index >= 15 is 0 Å². The molecule has 2 N–H and O–H groups in total. The van der Waals surface area contributed by atoms with Crippen LogP contribution in [0.1, 0.15) is 65.7 Å². The molecule has 2 unspecified atom stereocenters. The Labute approximate surface area is 123 Å². The third-order valence-corrected chi connectivity index (χ3v) is 4.32. The zero-order valence-electron chi connectivity index (χ0n) is 13.2. The van der Waals surface area contributed by atoms with Gasteiger partial charge >= 0.3 is 6.09 Å². The number of alkyl carbamates (subject to hydrolysis) is 1. The number of amides is 1. The molecular formula is C16H30N2O2. The standard InChI is InChI=1S/C16H30N2O2/c1-16(2,3)20-15(19)18-14-9-8-13(10-14)17-11-12-6-4-5-7-12/h12-14,17H,4-11H2,1-3H3,(H,18,19). The van der Waals surface area contributed by atoms with E-state index < -0.39 is 5.60 Å². The molecule has 2 fully saturated rings. The van der Waals surface area contributed by atoms with Gasteiger partial charge in [-0.25, -0.2) is 4.79 Å². The molecule has 2 aliphatic rings. The van der Waals surface area contributed by atoms with Gasteiger partial charge in [0.25, 0.3) is 0 Å². The third kappa shape index (κ3) is 5.31. The van der Waals surface area contributed by atoms with Crippen molar-refractivity contribution >= 4 is 6.09 Å². The van der Waals surface area contributed by atoms with Crippen molar-refractivity contribution in [2.24, 2.45) is 5.92 Å². The van der Waals surface area contributed by atoms with Gasteiger partial charge < -0.3 is 15.4 Å². The van der Waals surface area contributed by atoms with E-state index in [1.54, 1.807) is 0 Å². The second-order valence-electron chi connectivity index (χ2n) is 7.41. The highest BCUT2D eigenvalue weighted by atomic mass is 16.6. The molecule has 0 aromatic carbocycles. The number of hydrogen-bond acceptors (Lipinski definition) is 3. The van der Waals surface area contributed by atoms with Crippen LogP contribution in [0.3, 0.4) is 0 Å². The van der Waals surface area contributed by atoms with Crippen LogP contribution in [-0.2, 0) is 4.74 Å². The molecule has 0 saturated heterocycles. The average molecular weight is 282 g/mol. The Bertz CT molecular complexity index is 319. The smallest absolute Gasteiger partial charge is 0.407 e. The molecule has 0 radical (unpaired) electrons. The molecule has 0 heterocycles. The Kier molecular flexibility index (Phi) is 5.30. The predicted octanol–water partition coefficient (Wildman–Crippen LogP) is 3.21. The highest BCUT2D eigenvalue weighted by Crippen LogP contribution is 2.25. The fourth-order valence-corrected chi connectivity index (χ4v) is 3.32. The Morgan fingerprint density at radius 3 is 2.40 bits per heavy atom. The van der Waals surface area contributed by atoms with Gasteiger partial charge in [-0.3, -0.25) is 0 Å². The molecule has 0 bridgehead atoms. The average Bonchev–Trinajstić information content (AvgIpc) is 2.94. The predicted molar refractivity (Wildman–Crippen MR) is 80.8 cm³/mol. The minimum atomic E-state index is -0.414. The molecule has 0 aromatic rings. The van der Waals surface area contributed by atoms with Gasteiger partial charge in [0.1, 0.15) is 5.60 Å². The molecule has 20 heavy (non-hydrogen) atoms. The largest absolute Gasteiger partial charge is 0.444 e. The topological polar surface area (TPSA) is 50.4 Å². The van der Waals surface area contributed by atoms with Gasteiger partial charge in [-0.1, -0.05) is 12.8 Å². The summed E-state index contributed by atoms with van der Waals surface area (Å²) < 4.78 is 5.31. The Hall–Kier alpha value is -0.770. The second kappa shape index (κ2) is 6.79. The van der Waals surface area contributed by atoms with Crippen LogP contribution in [0.25, 0.3) is 0 Å². The zero-order valence-corrected chi connectivity index (χ0v) is 13.2. The molecule has 116 valence electrons. The molecule has 2 aliphatic carbocycles. The van der Waals surface area contributed by atoms with Crippen LogP contribution < -0.4 is 10.6 Å². The molecule has 0 aromatic heterocycles. The number of rotatable bonds is 4. The number of ether oxygens (including phenoxy) is 1. The van der Waals surface area contributed by atoms with Gasteiger partial charge in [-0.2, -0.15) is 0 Å². The van der Waals surface area contributed by atoms with Crippen molar-refractivity contribution in [3.05, 3.63) is 0 Å². The fourth-order valence-electron chi connectivity index (χ4n) is 3.32. The number of carbonyl (C=O) groups excluding carboxylic acids is 1. The van der Waals surface area contributed by atoms with E-state index in [9.17, 15) is 4.79 Å². The summed E-state index contributed by atoms with van der Waals surface area (Å²) in [5.74, 6) is 0.882. The van der Waals surface area contributed by atoms with E-state index in [-0.39, 0.29) is 12.1 Å². The lowest BCUT2D eigenvalue weighted by atomic mass is 10.1.